The number of aliphatic hydroxyl groups is 1. The number of phenols is 1. The van der Waals surface area contributed by atoms with Gasteiger partial charge in [0.1, 0.15) is 5.75 Å². The van der Waals surface area contributed by atoms with Gasteiger partial charge in [0, 0.05) is 22.5 Å². The maximum Gasteiger partial charge on any atom is 0.181 e. The molecule has 176 valence electrons. The van der Waals surface area contributed by atoms with Crippen molar-refractivity contribution >= 4 is 50.8 Å². The highest BCUT2D eigenvalue weighted by Gasteiger charge is 2.17. The first-order chi connectivity index (χ1) is 15.5. The third-order valence-corrected chi connectivity index (χ3v) is 7.20. The zero-order valence-corrected chi connectivity index (χ0v) is 21.2. The summed E-state index contributed by atoms with van der Waals surface area (Å²) < 4.78 is 6.80. The summed E-state index contributed by atoms with van der Waals surface area (Å²) in [5.74, 6) is 2.02. The maximum atomic E-state index is 10.9. The average Bonchev–Trinajstić information content (AvgIpc) is 2.79. The number of nitrogens with two attached hydrogens (primary N) is 1. The van der Waals surface area contributed by atoms with Crippen LogP contribution in [-0.4, -0.2) is 53.6 Å². The molecule has 9 heteroatoms. The van der Waals surface area contributed by atoms with Gasteiger partial charge in [0.15, 0.2) is 5.62 Å². The normalized spacial score (nSPS) is 12.1. The molecule has 2 aromatic carbocycles. The Balaban J connectivity index is 1.49. The molecule has 0 bridgehead atoms. The molecule has 0 heterocycles. The Morgan fingerprint density at radius 1 is 1.12 bits per heavy atom. The molecule has 32 heavy (non-hydrogen) atoms. The highest BCUT2D eigenvalue weighted by Crippen LogP contribution is 2.36. The number of halogens is 1. The summed E-state index contributed by atoms with van der Waals surface area (Å²) in [7, 11) is 0. The van der Waals surface area contributed by atoms with Crippen LogP contribution in [0.15, 0.2) is 45.8 Å². The Morgan fingerprint density at radius 2 is 1.88 bits per heavy atom. The Labute approximate surface area is 206 Å². The second kappa shape index (κ2) is 15.6. The van der Waals surface area contributed by atoms with Crippen LogP contribution in [0.2, 0.25) is 0 Å². The van der Waals surface area contributed by atoms with Gasteiger partial charge in [-0.3, -0.25) is 4.79 Å². The van der Waals surface area contributed by atoms with E-state index in [1.807, 2.05) is 11.8 Å². The number of benzene rings is 2. The SMILES string of the molecule is Nc1c(O)ccc(C(O)CNCCCSCCCOCCc2ccc(Br)cc2)c1SC=O. The Hall–Kier alpha value is -1.23. The van der Waals surface area contributed by atoms with Gasteiger partial charge < -0.3 is 26.0 Å². The van der Waals surface area contributed by atoms with Crippen LogP contribution in [0.25, 0.3) is 0 Å². The lowest BCUT2D eigenvalue weighted by Crippen LogP contribution is -2.23. The first-order valence-electron chi connectivity index (χ1n) is 10.5. The van der Waals surface area contributed by atoms with E-state index in [0.29, 0.717) is 22.6 Å². The van der Waals surface area contributed by atoms with E-state index in [9.17, 15) is 15.0 Å². The number of carbonyl (C=O) groups excluding carboxylic acids is 1. The molecule has 6 nitrogen and oxygen atoms in total. The van der Waals surface area contributed by atoms with Crippen molar-refractivity contribution in [2.75, 3.05) is 43.5 Å². The molecule has 5 N–H and O–H groups in total. The van der Waals surface area contributed by atoms with E-state index in [1.54, 1.807) is 6.07 Å². The minimum atomic E-state index is -0.803. The van der Waals surface area contributed by atoms with Crippen LogP contribution in [0.4, 0.5) is 5.69 Å². The zero-order chi connectivity index (χ0) is 23.2. The predicted molar refractivity (Wildman–Crippen MR) is 138 cm³/mol. The van der Waals surface area contributed by atoms with E-state index in [4.69, 9.17) is 10.5 Å². The molecule has 1 atom stereocenters. The first kappa shape index (κ1) is 27.0. The lowest BCUT2D eigenvalue weighted by atomic mass is 10.1. The summed E-state index contributed by atoms with van der Waals surface area (Å²) >= 11 is 6.20. The van der Waals surface area contributed by atoms with Crippen molar-refractivity contribution in [1.82, 2.24) is 5.32 Å². The first-order valence-corrected chi connectivity index (χ1v) is 13.4. The number of thioether (sulfide) groups is 2. The number of carbonyl (C=O) groups is 1. The second-order valence-electron chi connectivity index (χ2n) is 7.16. The number of anilines is 1. The molecular formula is C23H31BrN2O4S2. The largest absolute Gasteiger partial charge is 0.506 e. The third kappa shape index (κ3) is 9.72. The van der Waals surface area contributed by atoms with E-state index < -0.39 is 6.10 Å². The van der Waals surface area contributed by atoms with Crippen molar-refractivity contribution < 1.29 is 19.7 Å². The molecule has 0 saturated carbocycles. The van der Waals surface area contributed by atoms with Crippen molar-refractivity contribution in [1.29, 1.82) is 0 Å². The van der Waals surface area contributed by atoms with Crippen LogP contribution in [-0.2, 0) is 16.0 Å². The van der Waals surface area contributed by atoms with Gasteiger partial charge in [-0.25, -0.2) is 0 Å². The zero-order valence-electron chi connectivity index (χ0n) is 18.0. The average molecular weight is 544 g/mol. The molecule has 0 saturated heterocycles. The third-order valence-electron chi connectivity index (χ3n) is 4.73. The molecule has 0 spiro atoms. The molecule has 0 aliphatic rings. The van der Waals surface area contributed by atoms with E-state index in [1.165, 1.54) is 11.6 Å². The number of phenolic OH excluding ortho intramolecular Hbond substituents is 1. The van der Waals surface area contributed by atoms with Gasteiger partial charge in [-0.05, 0) is 66.6 Å². The highest BCUT2D eigenvalue weighted by atomic mass is 79.9. The van der Waals surface area contributed by atoms with E-state index in [-0.39, 0.29) is 11.4 Å². The number of hydrogen-bond acceptors (Lipinski definition) is 8. The Kier molecular flexibility index (Phi) is 13.2. The van der Waals surface area contributed by atoms with Gasteiger partial charge >= 0.3 is 0 Å². The molecule has 0 amide bonds. The molecule has 0 aliphatic carbocycles. The van der Waals surface area contributed by atoms with Crippen molar-refractivity contribution in [3.05, 3.63) is 52.0 Å². The summed E-state index contributed by atoms with van der Waals surface area (Å²) in [4.78, 5) is 11.3. The number of hydrogen-bond donors (Lipinski definition) is 4. The van der Waals surface area contributed by atoms with Crippen molar-refractivity contribution in [2.24, 2.45) is 0 Å². The van der Waals surface area contributed by atoms with Crippen LogP contribution < -0.4 is 11.1 Å². The van der Waals surface area contributed by atoms with E-state index in [0.717, 1.165) is 66.8 Å². The number of nitrogen functional groups attached to an aromatic ring is 1. The lowest BCUT2D eigenvalue weighted by molar-refractivity contribution is 0.138. The van der Waals surface area contributed by atoms with Gasteiger partial charge in [0.2, 0.25) is 0 Å². The summed E-state index contributed by atoms with van der Waals surface area (Å²) in [5.41, 5.74) is 8.41. The monoisotopic (exact) mass is 542 g/mol. The topological polar surface area (TPSA) is 105 Å². The minimum absolute atomic E-state index is 0.0923. The van der Waals surface area contributed by atoms with Crippen molar-refractivity contribution in [3.63, 3.8) is 0 Å². The smallest absolute Gasteiger partial charge is 0.181 e. The summed E-state index contributed by atoms with van der Waals surface area (Å²) in [6, 6.07) is 11.4. The molecular weight excluding hydrogens is 512 g/mol. The molecule has 0 aliphatic heterocycles. The number of ether oxygens (including phenoxy) is 1. The predicted octanol–water partition coefficient (Wildman–Crippen LogP) is 4.41. The fourth-order valence-electron chi connectivity index (χ4n) is 3.00. The van der Waals surface area contributed by atoms with Crippen LogP contribution in [0, 0.1) is 0 Å². The summed E-state index contributed by atoms with van der Waals surface area (Å²) in [5, 5.41) is 23.4. The van der Waals surface area contributed by atoms with Crippen molar-refractivity contribution in [3.8, 4) is 5.75 Å². The molecule has 2 aromatic rings. The van der Waals surface area contributed by atoms with Crippen molar-refractivity contribution in [2.45, 2.75) is 30.3 Å². The fourth-order valence-corrected chi connectivity index (χ4v) is 4.81. The molecule has 0 radical (unpaired) electrons. The molecule has 0 aromatic heterocycles. The van der Waals surface area contributed by atoms with Gasteiger partial charge in [0.25, 0.3) is 0 Å². The Bertz CT molecular complexity index is 824. The molecule has 1 unspecified atom stereocenters. The number of aliphatic hydroxyl groups excluding tert-OH is 1. The number of rotatable bonds is 16. The minimum Gasteiger partial charge on any atom is -0.506 e. The van der Waals surface area contributed by atoms with Crippen LogP contribution in [0.5, 0.6) is 5.75 Å². The second-order valence-corrected chi connectivity index (χ2v) is 10.1. The fraction of sp³-hybridized carbons (Fsp3) is 0.435. The van der Waals surface area contributed by atoms with E-state index in [2.05, 4.69) is 45.5 Å². The molecule has 0 fully saturated rings. The highest BCUT2D eigenvalue weighted by molar-refractivity contribution is 9.10. The van der Waals surface area contributed by atoms with Crippen LogP contribution in [0.3, 0.4) is 0 Å². The van der Waals surface area contributed by atoms with Gasteiger partial charge in [-0.2, -0.15) is 11.8 Å². The van der Waals surface area contributed by atoms with Gasteiger partial charge in [-0.1, -0.05) is 45.9 Å². The number of nitrogens with one attached hydrogen (secondary N) is 1. The lowest BCUT2D eigenvalue weighted by Gasteiger charge is -2.17. The quantitative estimate of drug-likeness (QED) is 0.0812. The van der Waals surface area contributed by atoms with E-state index >= 15 is 0 Å². The summed E-state index contributed by atoms with van der Waals surface area (Å²) in [6.45, 7) is 2.67. The summed E-state index contributed by atoms with van der Waals surface area (Å²) in [6.07, 6.45) is 2.17. The maximum absolute atomic E-state index is 10.9. The van der Waals surface area contributed by atoms with Gasteiger partial charge in [0.05, 0.1) is 18.4 Å². The van der Waals surface area contributed by atoms with Crippen LogP contribution in [0.1, 0.15) is 30.1 Å². The standard InChI is InChI=1S/C23H31BrN2O4S2/c24-18-5-3-17(4-6-18)9-12-30-11-2-14-31-13-1-10-26-15-21(29)19-7-8-20(28)22(25)23(19)32-16-27/h3-8,16,21,26,28-29H,1-2,9-15,25H2. The molecule has 2 rings (SSSR count). The van der Waals surface area contributed by atoms with Gasteiger partial charge in [-0.15, -0.1) is 0 Å². The Morgan fingerprint density at radius 3 is 2.62 bits per heavy atom. The van der Waals surface area contributed by atoms with Crippen LogP contribution >= 0.6 is 39.5 Å². The number of aromatic hydroxyl groups is 1.